The minimum Gasteiger partial charge on any atom is -0.398 e. The molecule has 0 amide bonds. The molecule has 2 aromatic carbocycles. The van der Waals surface area contributed by atoms with Crippen molar-refractivity contribution in [3.8, 4) is 0 Å². The van der Waals surface area contributed by atoms with Crippen LogP contribution in [0.15, 0.2) is 48.5 Å². The van der Waals surface area contributed by atoms with Crippen LogP contribution in [0.3, 0.4) is 0 Å². The van der Waals surface area contributed by atoms with E-state index in [4.69, 9.17) is 28.9 Å². The molecular weight excluding hydrogens is 281 g/mol. The highest BCUT2D eigenvalue weighted by molar-refractivity contribution is 6.37. The molecule has 0 spiro atoms. The lowest BCUT2D eigenvalue weighted by atomic mass is 10.1. The van der Waals surface area contributed by atoms with Gasteiger partial charge in [0.15, 0.2) is 5.78 Å². The van der Waals surface area contributed by atoms with Gasteiger partial charge in [0.05, 0.1) is 0 Å². The van der Waals surface area contributed by atoms with Gasteiger partial charge in [0.25, 0.3) is 0 Å². The molecule has 0 aliphatic carbocycles. The zero-order valence-electron chi connectivity index (χ0n) is 9.94. The number of benzene rings is 2. The highest BCUT2D eigenvalue weighted by atomic mass is 35.5. The molecule has 96 valence electrons. The number of para-hydroxylation sites is 1. The third-order valence-corrected chi connectivity index (χ3v) is 3.29. The number of hydrogen-bond acceptors (Lipinski definition) is 2. The molecule has 0 radical (unpaired) electrons. The van der Waals surface area contributed by atoms with Gasteiger partial charge in [-0.05, 0) is 36.4 Å². The van der Waals surface area contributed by atoms with Crippen molar-refractivity contribution in [2.75, 3.05) is 5.73 Å². The molecule has 0 saturated heterocycles. The lowest BCUT2D eigenvalue weighted by molar-refractivity contribution is 0.104. The predicted octanol–water partition coefficient (Wildman–Crippen LogP) is 4.47. The molecule has 0 bridgehead atoms. The van der Waals surface area contributed by atoms with Gasteiger partial charge in [0, 0.05) is 26.9 Å². The number of rotatable bonds is 3. The van der Waals surface area contributed by atoms with Crippen molar-refractivity contribution in [3.05, 3.63) is 69.7 Å². The second-order valence-corrected chi connectivity index (χ2v) is 4.73. The van der Waals surface area contributed by atoms with E-state index >= 15 is 0 Å². The Morgan fingerprint density at radius 1 is 1.00 bits per heavy atom. The molecule has 0 aliphatic rings. The van der Waals surface area contributed by atoms with E-state index < -0.39 is 0 Å². The molecule has 2 N–H and O–H groups in total. The summed E-state index contributed by atoms with van der Waals surface area (Å²) in [5.41, 5.74) is 7.27. The molecular formula is C15H11Cl2NO. The van der Waals surface area contributed by atoms with Crippen LogP contribution in [0.1, 0.15) is 15.9 Å². The number of carbonyl (C=O) groups is 1. The minimum absolute atomic E-state index is 0.186. The summed E-state index contributed by atoms with van der Waals surface area (Å²) in [4.78, 5) is 12.0. The van der Waals surface area contributed by atoms with E-state index in [0.29, 0.717) is 26.9 Å². The van der Waals surface area contributed by atoms with Gasteiger partial charge in [-0.25, -0.2) is 0 Å². The predicted molar refractivity (Wildman–Crippen MR) is 80.7 cm³/mol. The molecule has 0 fully saturated rings. The van der Waals surface area contributed by atoms with Crippen LogP contribution in [-0.4, -0.2) is 5.78 Å². The second kappa shape index (κ2) is 5.91. The van der Waals surface area contributed by atoms with Crippen LogP contribution in [0.4, 0.5) is 5.69 Å². The molecule has 0 heterocycles. The van der Waals surface area contributed by atoms with E-state index in [1.165, 1.54) is 6.08 Å². The van der Waals surface area contributed by atoms with Crippen LogP contribution in [0.2, 0.25) is 10.0 Å². The quantitative estimate of drug-likeness (QED) is 0.515. The zero-order chi connectivity index (χ0) is 13.8. The Bertz CT molecular complexity index is 630. The van der Waals surface area contributed by atoms with Crippen molar-refractivity contribution >= 4 is 40.7 Å². The van der Waals surface area contributed by atoms with Gasteiger partial charge in [0.2, 0.25) is 0 Å². The van der Waals surface area contributed by atoms with E-state index in [-0.39, 0.29) is 5.78 Å². The van der Waals surface area contributed by atoms with Crippen molar-refractivity contribution < 1.29 is 4.79 Å². The average Bonchev–Trinajstić information content (AvgIpc) is 2.38. The molecule has 2 aromatic rings. The first-order valence-electron chi connectivity index (χ1n) is 5.60. The molecule has 2 nitrogen and oxygen atoms in total. The minimum atomic E-state index is -0.186. The number of nitrogen functional groups attached to an aromatic ring is 1. The van der Waals surface area contributed by atoms with E-state index in [1.54, 1.807) is 48.5 Å². The van der Waals surface area contributed by atoms with Crippen LogP contribution in [0, 0.1) is 0 Å². The molecule has 19 heavy (non-hydrogen) atoms. The van der Waals surface area contributed by atoms with Gasteiger partial charge in [0.1, 0.15) is 0 Å². The molecule has 0 atom stereocenters. The number of allylic oxidation sites excluding steroid dienone is 1. The van der Waals surface area contributed by atoms with Crippen molar-refractivity contribution in [1.29, 1.82) is 0 Å². The van der Waals surface area contributed by atoms with Gasteiger partial charge in [-0.1, -0.05) is 41.4 Å². The number of nitrogens with two attached hydrogens (primary N) is 1. The third-order valence-electron chi connectivity index (χ3n) is 2.63. The van der Waals surface area contributed by atoms with Crippen LogP contribution in [0.25, 0.3) is 6.08 Å². The first kappa shape index (κ1) is 13.7. The Balaban J connectivity index is 2.29. The Morgan fingerprint density at radius 2 is 1.63 bits per heavy atom. The largest absolute Gasteiger partial charge is 0.398 e. The number of ketones is 1. The summed E-state index contributed by atoms with van der Waals surface area (Å²) >= 11 is 12.0. The van der Waals surface area contributed by atoms with Gasteiger partial charge < -0.3 is 5.73 Å². The normalized spacial score (nSPS) is 10.8. The number of anilines is 1. The maximum absolute atomic E-state index is 12.0. The molecule has 0 aliphatic heterocycles. The molecule has 4 heteroatoms. The smallest absolute Gasteiger partial charge is 0.187 e. The lowest BCUT2D eigenvalue weighted by Crippen LogP contribution is -2.00. The SMILES string of the molecule is Nc1ccccc1C(=O)C=Cc1c(Cl)cccc1Cl. The fourth-order valence-corrected chi connectivity index (χ4v) is 2.16. The monoisotopic (exact) mass is 291 g/mol. The summed E-state index contributed by atoms with van der Waals surface area (Å²) < 4.78 is 0. The number of halogens is 2. The summed E-state index contributed by atoms with van der Waals surface area (Å²) in [7, 11) is 0. The van der Waals surface area contributed by atoms with Crippen LogP contribution in [0.5, 0.6) is 0 Å². The van der Waals surface area contributed by atoms with Crippen LogP contribution < -0.4 is 5.73 Å². The highest BCUT2D eigenvalue weighted by Crippen LogP contribution is 2.25. The molecule has 0 unspecified atom stereocenters. The van der Waals surface area contributed by atoms with E-state index in [0.717, 1.165) is 0 Å². The van der Waals surface area contributed by atoms with Gasteiger partial charge in [-0.15, -0.1) is 0 Å². The Hall–Kier alpha value is -1.77. The topological polar surface area (TPSA) is 43.1 Å². The van der Waals surface area contributed by atoms with E-state index in [2.05, 4.69) is 0 Å². The van der Waals surface area contributed by atoms with Crippen molar-refractivity contribution in [3.63, 3.8) is 0 Å². The van der Waals surface area contributed by atoms with E-state index in [1.807, 2.05) is 0 Å². The Labute approximate surface area is 121 Å². The third kappa shape index (κ3) is 3.16. The van der Waals surface area contributed by atoms with Crippen molar-refractivity contribution in [1.82, 2.24) is 0 Å². The van der Waals surface area contributed by atoms with Gasteiger partial charge in [-0.3, -0.25) is 4.79 Å². The van der Waals surface area contributed by atoms with E-state index in [9.17, 15) is 4.79 Å². The highest BCUT2D eigenvalue weighted by Gasteiger charge is 2.06. The fraction of sp³-hybridized carbons (Fsp3) is 0. The van der Waals surface area contributed by atoms with Crippen molar-refractivity contribution in [2.24, 2.45) is 0 Å². The van der Waals surface area contributed by atoms with Gasteiger partial charge >= 0.3 is 0 Å². The summed E-state index contributed by atoms with van der Waals surface area (Å²) in [5, 5.41) is 0.996. The van der Waals surface area contributed by atoms with Crippen LogP contribution >= 0.6 is 23.2 Å². The molecule has 0 aromatic heterocycles. The summed E-state index contributed by atoms with van der Waals surface area (Å²) in [6.45, 7) is 0. The standard InChI is InChI=1S/C15H11Cl2NO/c16-12-5-3-6-13(17)10(12)8-9-15(19)11-4-1-2-7-14(11)18/h1-9H,18H2. The van der Waals surface area contributed by atoms with Crippen LogP contribution in [-0.2, 0) is 0 Å². The Morgan fingerprint density at radius 3 is 2.26 bits per heavy atom. The summed E-state index contributed by atoms with van der Waals surface area (Å²) in [5.74, 6) is -0.186. The fourth-order valence-electron chi connectivity index (χ4n) is 1.64. The van der Waals surface area contributed by atoms with Crippen molar-refractivity contribution in [2.45, 2.75) is 0 Å². The Kier molecular flexibility index (Phi) is 4.25. The lowest BCUT2D eigenvalue weighted by Gasteiger charge is -2.02. The summed E-state index contributed by atoms with van der Waals surface area (Å²) in [6, 6.07) is 12.1. The average molecular weight is 292 g/mol. The number of hydrogen-bond donors (Lipinski definition) is 1. The maximum Gasteiger partial charge on any atom is 0.187 e. The first-order valence-corrected chi connectivity index (χ1v) is 6.36. The molecule has 2 rings (SSSR count). The first-order chi connectivity index (χ1) is 9.09. The maximum atomic E-state index is 12.0. The zero-order valence-corrected chi connectivity index (χ0v) is 11.4. The van der Waals surface area contributed by atoms with Gasteiger partial charge in [-0.2, -0.15) is 0 Å². The second-order valence-electron chi connectivity index (χ2n) is 3.92. The number of carbonyl (C=O) groups excluding carboxylic acids is 1. The summed E-state index contributed by atoms with van der Waals surface area (Å²) in [6.07, 6.45) is 3.01. The molecule has 0 saturated carbocycles.